The molecule has 25 heavy (non-hydrogen) atoms. The van der Waals surface area contributed by atoms with Crippen LogP contribution in [0.3, 0.4) is 0 Å². The summed E-state index contributed by atoms with van der Waals surface area (Å²) in [5.74, 6) is 2.30. The van der Waals surface area contributed by atoms with Crippen molar-refractivity contribution in [3.8, 4) is 11.5 Å². The third-order valence-corrected chi connectivity index (χ3v) is 5.20. The zero-order chi connectivity index (χ0) is 17.6. The highest BCUT2D eigenvalue weighted by Crippen LogP contribution is 2.33. The quantitative estimate of drug-likeness (QED) is 0.795. The van der Waals surface area contributed by atoms with E-state index >= 15 is 0 Å². The SMILES string of the molecule is COc1cc(Br)c(CNC2CCN(c3ncccn3)CC2)cc1OC. The molecule has 1 aliphatic rings. The van der Waals surface area contributed by atoms with Gasteiger partial charge in [0.05, 0.1) is 14.2 Å². The van der Waals surface area contributed by atoms with Gasteiger partial charge in [-0.15, -0.1) is 0 Å². The summed E-state index contributed by atoms with van der Waals surface area (Å²) in [6.45, 7) is 2.72. The minimum Gasteiger partial charge on any atom is -0.493 e. The van der Waals surface area contributed by atoms with Gasteiger partial charge in [-0.25, -0.2) is 9.97 Å². The number of anilines is 1. The lowest BCUT2D eigenvalue weighted by atomic mass is 10.0. The second-order valence-electron chi connectivity index (χ2n) is 5.99. The molecule has 1 aliphatic heterocycles. The Morgan fingerprint density at radius 2 is 1.76 bits per heavy atom. The number of aromatic nitrogens is 2. The summed E-state index contributed by atoms with van der Waals surface area (Å²) < 4.78 is 11.7. The van der Waals surface area contributed by atoms with Gasteiger partial charge in [-0.1, -0.05) is 15.9 Å². The number of ether oxygens (including phenoxy) is 2. The molecule has 0 amide bonds. The average molecular weight is 407 g/mol. The van der Waals surface area contributed by atoms with Crippen molar-refractivity contribution in [3.05, 3.63) is 40.6 Å². The van der Waals surface area contributed by atoms with Gasteiger partial charge in [0, 0.05) is 42.5 Å². The molecule has 0 saturated carbocycles. The first-order valence-electron chi connectivity index (χ1n) is 8.37. The Hall–Kier alpha value is -1.86. The van der Waals surface area contributed by atoms with Crippen LogP contribution in [0.15, 0.2) is 35.1 Å². The van der Waals surface area contributed by atoms with E-state index in [9.17, 15) is 0 Å². The number of nitrogens with one attached hydrogen (secondary N) is 1. The molecule has 0 unspecified atom stereocenters. The molecule has 0 spiro atoms. The third kappa shape index (κ3) is 4.41. The van der Waals surface area contributed by atoms with Crippen LogP contribution < -0.4 is 19.7 Å². The summed E-state index contributed by atoms with van der Waals surface area (Å²) in [6.07, 6.45) is 5.73. The predicted octanol–water partition coefficient (Wildman–Crippen LogP) is 3.01. The van der Waals surface area contributed by atoms with E-state index in [2.05, 4.69) is 36.1 Å². The third-order valence-electron chi connectivity index (χ3n) is 4.46. The van der Waals surface area contributed by atoms with Crippen LogP contribution in [0.1, 0.15) is 18.4 Å². The molecule has 0 aliphatic carbocycles. The zero-order valence-corrected chi connectivity index (χ0v) is 16.1. The van der Waals surface area contributed by atoms with Crippen molar-refractivity contribution >= 4 is 21.9 Å². The Morgan fingerprint density at radius 3 is 2.40 bits per heavy atom. The molecule has 134 valence electrons. The second-order valence-corrected chi connectivity index (χ2v) is 6.84. The smallest absolute Gasteiger partial charge is 0.225 e. The molecular weight excluding hydrogens is 384 g/mol. The summed E-state index contributed by atoms with van der Waals surface area (Å²) in [7, 11) is 3.30. The topological polar surface area (TPSA) is 59.5 Å². The average Bonchev–Trinajstić information content (AvgIpc) is 2.68. The van der Waals surface area contributed by atoms with Gasteiger partial charge in [0.15, 0.2) is 11.5 Å². The second kappa shape index (κ2) is 8.49. The summed E-state index contributed by atoms with van der Waals surface area (Å²) in [6, 6.07) is 6.30. The number of nitrogens with zero attached hydrogens (tertiary/aromatic N) is 3. The highest BCUT2D eigenvalue weighted by atomic mass is 79.9. The molecule has 7 heteroatoms. The van der Waals surface area contributed by atoms with Crippen molar-refractivity contribution in [2.45, 2.75) is 25.4 Å². The summed E-state index contributed by atoms with van der Waals surface area (Å²) in [4.78, 5) is 10.9. The Balaban J connectivity index is 1.55. The van der Waals surface area contributed by atoms with Gasteiger partial charge in [-0.3, -0.25) is 0 Å². The maximum absolute atomic E-state index is 5.39. The fourth-order valence-electron chi connectivity index (χ4n) is 3.02. The van der Waals surface area contributed by atoms with E-state index in [1.165, 1.54) is 0 Å². The van der Waals surface area contributed by atoms with Crippen molar-refractivity contribution < 1.29 is 9.47 Å². The van der Waals surface area contributed by atoms with Crippen LogP contribution in [0.25, 0.3) is 0 Å². The van der Waals surface area contributed by atoms with Gasteiger partial charge in [-0.05, 0) is 36.6 Å². The molecule has 0 atom stereocenters. The fourth-order valence-corrected chi connectivity index (χ4v) is 3.49. The standard InChI is InChI=1S/C18H23BrN4O2/c1-24-16-10-13(15(19)11-17(16)25-2)12-22-14-4-8-23(9-5-14)18-20-6-3-7-21-18/h3,6-7,10-11,14,22H,4-5,8-9,12H2,1-2H3. The van der Waals surface area contributed by atoms with Gasteiger partial charge in [-0.2, -0.15) is 0 Å². The highest BCUT2D eigenvalue weighted by molar-refractivity contribution is 9.10. The molecule has 1 fully saturated rings. The van der Waals surface area contributed by atoms with E-state index in [0.29, 0.717) is 6.04 Å². The molecule has 1 N–H and O–H groups in total. The minimum absolute atomic E-state index is 0.486. The lowest BCUT2D eigenvalue weighted by Crippen LogP contribution is -2.42. The first-order valence-corrected chi connectivity index (χ1v) is 9.16. The molecule has 0 bridgehead atoms. The van der Waals surface area contributed by atoms with Gasteiger partial charge < -0.3 is 19.7 Å². The van der Waals surface area contributed by atoms with Crippen LogP contribution in [-0.4, -0.2) is 43.3 Å². The number of rotatable bonds is 6. The van der Waals surface area contributed by atoms with Crippen LogP contribution >= 0.6 is 15.9 Å². The number of hydrogen-bond acceptors (Lipinski definition) is 6. The van der Waals surface area contributed by atoms with Crippen LogP contribution in [0.2, 0.25) is 0 Å². The van der Waals surface area contributed by atoms with Gasteiger partial charge in [0.25, 0.3) is 0 Å². The monoisotopic (exact) mass is 406 g/mol. The molecule has 1 saturated heterocycles. The van der Waals surface area contributed by atoms with E-state index in [1.54, 1.807) is 26.6 Å². The number of benzene rings is 1. The van der Waals surface area contributed by atoms with Crippen LogP contribution in [0.5, 0.6) is 11.5 Å². The fraction of sp³-hybridized carbons (Fsp3) is 0.444. The van der Waals surface area contributed by atoms with E-state index in [-0.39, 0.29) is 0 Å². The number of methoxy groups -OCH3 is 2. The van der Waals surface area contributed by atoms with Gasteiger partial charge in [0.2, 0.25) is 5.95 Å². The lowest BCUT2D eigenvalue weighted by Gasteiger charge is -2.32. The number of hydrogen-bond donors (Lipinski definition) is 1. The Bertz CT molecular complexity index is 691. The molecule has 2 aromatic rings. The van der Waals surface area contributed by atoms with Crippen molar-refractivity contribution in [2.75, 3.05) is 32.2 Å². The van der Waals surface area contributed by atoms with Crippen molar-refractivity contribution in [3.63, 3.8) is 0 Å². The van der Waals surface area contributed by atoms with Crippen LogP contribution in [-0.2, 0) is 6.54 Å². The van der Waals surface area contributed by atoms with E-state index in [0.717, 1.165) is 60.0 Å². The van der Waals surface area contributed by atoms with Crippen molar-refractivity contribution in [1.82, 2.24) is 15.3 Å². The lowest BCUT2D eigenvalue weighted by molar-refractivity contribution is 0.353. The first-order chi connectivity index (χ1) is 12.2. The van der Waals surface area contributed by atoms with E-state index < -0.39 is 0 Å². The first kappa shape index (κ1) is 17.9. The molecule has 1 aromatic carbocycles. The molecule has 1 aromatic heterocycles. The molecule has 3 rings (SSSR count). The molecular formula is C18H23BrN4O2. The largest absolute Gasteiger partial charge is 0.493 e. The Labute approximate surface area is 156 Å². The maximum Gasteiger partial charge on any atom is 0.225 e. The summed E-state index contributed by atoms with van der Waals surface area (Å²) >= 11 is 3.62. The molecule has 6 nitrogen and oxygen atoms in total. The zero-order valence-electron chi connectivity index (χ0n) is 14.5. The van der Waals surface area contributed by atoms with Crippen LogP contribution in [0, 0.1) is 0 Å². The molecule has 0 radical (unpaired) electrons. The van der Waals surface area contributed by atoms with Gasteiger partial charge in [0.1, 0.15) is 0 Å². The maximum atomic E-state index is 5.39. The Kier molecular flexibility index (Phi) is 6.09. The minimum atomic E-state index is 0.486. The highest BCUT2D eigenvalue weighted by Gasteiger charge is 2.20. The normalized spacial score (nSPS) is 15.2. The summed E-state index contributed by atoms with van der Waals surface area (Å²) in [5, 5.41) is 3.65. The van der Waals surface area contributed by atoms with E-state index in [4.69, 9.17) is 9.47 Å². The van der Waals surface area contributed by atoms with Crippen molar-refractivity contribution in [1.29, 1.82) is 0 Å². The number of piperidine rings is 1. The number of halogens is 1. The van der Waals surface area contributed by atoms with Crippen molar-refractivity contribution in [2.24, 2.45) is 0 Å². The molecule has 2 heterocycles. The van der Waals surface area contributed by atoms with E-state index in [1.807, 2.05) is 18.2 Å². The van der Waals surface area contributed by atoms with Gasteiger partial charge >= 0.3 is 0 Å². The van der Waals surface area contributed by atoms with Crippen LogP contribution in [0.4, 0.5) is 5.95 Å². The summed E-state index contributed by atoms with van der Waals surface area (Å²) in [5.41, 5.74) is 1.16. The Morgan fingerprint density at radius 1 is 1.12 bits per heavy atom. The predicted molar refractivity (Wildman–Crippen MR) is 101 cm³/mol.